The lowest BCUT2D eigenvalue weighted by molar-refractivity contribution is 0.0738. The molecule has 0 unspecified atom stereocenters. The summed E-state index contributed by atoms with van der Waals surface area (Å²) < 4.78 is 10.8. The molecule has 0 saturated carbocycles. The topological polar surface area (TPSA) is 51.7 Å². The van der Waals surface area contributed by atoms with E-state index in [1.807, 2.05) is 41.5 Å². The van der Waals surface area contributed by atoms with Crippen LogP contribution in [0.2, 0.25) is 0 Å². The maximum atomic E-state index is 13.1. The van der Waals surface area contributed by atoms with Gasteiger partial charge in [0.1, 0.15) is 9.88 Å². The average molecular weight is 401 g/mol. The summed E-state index contributed by atoms with van der Waals surface area (Å²) in [4.78, 5) is 21.5. The van der Waals surface area contributed by atoms with E-state index in [2.05, 4.69) is 4.98 Å². The van der Waals surface area contributed by atoms with Crippen molar-refractivity contribution >= 4 is 28.6 Å². The van der Waals surface area contributed by atoms with E-state index in [1.54, 1.807) is 25.6 Å². The highest BCUT2D eigenvalue weighted by Crippen LogP contribution is 2.35. The fourth-order valence-corrected chi connectivity index (χ4v) is 5.13. The molecule has 1 aliphatic rings. The van der Waals surface area contributed by atoms with Crippen LogP contribution < -0.4 is 9.47 Å². The number of aromatic nitrogens is 1. The molecule has 1 aromatic carbocycles. The Kier molecular flexibility index (Phi) is 4.88. The van der Waals surface area contributed by atoms with Gasteiger partial charge in [0, 0.05) is 13.1 Å². The molecule has 0 saturated heterocycles. The molecule has 27 heavy (non-hydrogen) atoms. The number of amides is 1. The van der Waals surface area contributed by atoms with Gasteiger partial charge in [0.25, 0.3) is 5.91 Å². The number of carbonyl (C=O) groups excluding carboxylic acids is 1. The second-order valence-corrected chi connectivity index (χ2v) is 8.31. The van der Waals surface area contributed by atoms with Crippen LogP contribution in [0.4, 0.5) is 0 Å². The van der Waals surface area contributed by atoms with E-state index in [-0.39, 0.29) is 5.91 Å². The molecule has 3 heterocycles. The quantitative estimate of drug-likeness (QED) is 0.652. The highest BCUT2D eigenvalue weighted by Gasteiger charge is 2.26. The van der Waals surface area contributed by atoms with Gasteiger partial charge in [-0.2, -0.15) is 0 Å². The highest BCUT2D eigenvalue weighted by molar-refractivity contribution is 7.22. The lowest BCUT2D eigenvalue weighted by atomic mass is 9.98. The summed E-state index contributed by atoms with van der Waals surface area (Å²) >= 11 is 3.12. The number of thiazole rings is 1. The first kappa shape index (κ1) is 18.0. The minimum absolute atomic E-state index is 0.0493. The second-order valence-electron chi connectivity index (χ2n) is 6.36. The first-order chi connectivity index (χ1) is 13.1. The van der Waals surface area contributed by atoms with Crippen LogP contribution in [0.5, 0.6) is 11.5 Å². The molecule has 0 radical (unpaired) electrons. The fraction of sp³-hybridized carbons (Fsp3) is 0.300. The minimum Gasteiger partial charge on any atom is -0.493 e. The highest BCUT2D eigenvalue weighted by atomic mass is 32.1. The summed E-state index contributed by atoms with van der Waals surface area (Å²) in [7, 11) is 3.27. The third-order valence-corrected chi connectivity index (χ3v) is 6.91. The molecular weight excluding hydrogens is 380 g/mol. The van der Waals surface area contributed by atoms with Crippen molar-refractivity contribution in [3.8, 4) is 21.4 Å². The van der Waals surface area contributed by atoms with Crippen molar-refractivity contribution in [1.29, 1.82) is 0 Å². The largest absolute Gasteiger partial charge is 0.493 e. The zero-order chi connectivity index (χ0) is 19.0. The van der Waals surface area contributed by atoms with Crippen LogP contribution in [-0.4, -0.2) is 36.6 Å². The number of methoxy groups -OCH3 is 2. The van der Waals surface area contributed by atoms with Crippen molar-refractivity contribution in [2.24, 2.45) is 0 Å². The number of rotatable bonds is 4. The second kappa shape index (κ2) is 7.32. The van der Waals surface area contributed by atoms with Crippen molar-refractivity contribution in [1.82, 2.24) is 9.88 Å². The Bertz CT molecular complexity index is 980. The normalized spacial score (nSPS) is 13.4. The SMILES string of the molecule is COc1cc2c(cc1OC)CN(C(=O)c1sc(-c3cccs3)nc1C)CC2. The van der Waals surface area contributed by atoms with E-state index in [0.29, 0.717) is 18.8 Å². The van der Waals surface area contributed by atoms with Crippen LogP contribution >= 0.6 is 22.7 Å². The number of hydrogen-bond acceptors (Lipinski definition) is 6. The smallest absolute Gasteiger partial charge is 0.266 e. The maximum Gasteiger partial charge on any atom is 0.266 e. The number of thiophene rings is 1. The fourth-order valence-electron chi connectivity index (χ4n) is 3.30. The van der Waals surface area contributed by atoms with E-state index in [4.69, 9.17) is 9.47 Å². The van der Waals surface area contributed by atoms with Crippen LogP contribution in [0.1, 0.15) is 26.5 Å². The predicted molar refractivity (Wildman–Crippen MR) is 108 cm³/mol. The van der Waals surface area contributed by atoms with Crippen LogP contribution in [0.15, 0.2) is 29.6 Å². The number of hydrogen-bond donors (Lipinski definition) is 0. The minimum atomic E-state index is 0.0493. The summed E-state index contributed by atoms with van der Waals surface area (Å²) in [6.45, 7) is 3.17. The van der Waals surface area contributed by atoms with E-state index >= 15 is 0 Å². The molecule has 5 nitrogen and oxygen atoms in total. The molecule has 2 aromatic heterocycles. The van der Waals surface area contributed by atoms with Crippen LogP contribution in [0.25, 0.3) is 9.88 Å². The Hall–Kier alpha value is -2.38. The number of nitrogens with zero attached hydrogens (tertiary/aromatic N) is 2. The number of benzene rings is 1. The third-order valence-electron chi connectivity index (χ3n) is 4.73. The summed E-state index contributed by atoms with van der Waals surface area (Å²) in [6.07, 6.45) is 0.803. The van der Waals surface area contributed by atoms with Gasteiger partial charge in [-0.25, -0.2) is 4.98 Å². The van der Waals surface area contributed by atoms with Gasteiger partial charge < -0.3 is 14.4 Å². The first-order valence-electron chi connectivity index (χ1n) is 8.65. The Labute approximate surface area is 166 Å². The predicted octanol–water partition coefficient (Wildman–Crippen LogP) is 4.40. The molecule has 0 spiro atoms. The van der Waals surface area contributed by atoms with Gasteiger partial charge >= 0.3 is 0 Å². The Morgan fingerprint density at radius 2 is 1.93 bits per heavy atom. The summed E-state index contributed by atoms with van der Waals surface area (Å²) in [5.41, 5.74) is 3.11. The van der Waals surface area contributed by atoms with E-state index < -0.39 is 0 Å². The van der Waals surface area contributed by atoms with Crippen molar-refractivity contribution in [3.05, 3.63) is 51.3 Å². The molecule has 0 bridgehead atoms. The molecule has 4 rings (SSSR count). The summed E-state index contributed by atoms with van der Waals surface area (Å²) in [5.74, 6) is 1.47. The van der Waals surface area contributed by atoms with Crippen LogP contribution in [0.3, 0.4) is 0 Å². The van der Waals surface area contributed by atoms with Gasteiger partial charge in [-0.1, -0.05) is 6.07 Å². The van der Waals surface area contributed by atoms with Gasteiger partial charge in [0.15, 0.2) is 11.5 Å². The lowest BCUT2D eigenvalue weighted by Crippen LogP contribution is -2.35. The molecule has 0 fully saturated rings. The van der Waals surface area contributed by atoms with E-state index in [0.717, 1.165) is 38.2 Å². The van der Waals surface area contributed by atoms with Crippen molar-refractivity contribution in [2.75, 3.05) is 20.8 Å². The molecule has 3 aromatic rings. The van der Waals surface area contributed by atoms with Crippen molar-refractivity contribution in [3.63, 3.8) is 0 Å². The molecule has 1 aliphatic heterocycles. The number of aryl methyl sites for hydroxylation is 1. The monoisotopic (exact) mass is 400 g/mol. The van der Waals surface area contributed by atoms with E-state index in [9.17, 15) is 4.79 Å². The van der Waals surface area contributed by atoms with Gasteiger partial charge in [-0.15, -0.1) is 22.7 Å². The van der Waals surface area contributed by atoms with Gasteiger partial charge in [-0.3, -0.25) is 4.79 Å². The zero-order valence-electron chi connectivity index (χ0n) is 15.4. The Balaban J connectivity index is 1.60. The summed E-state index contributed by atoms with van der Waals surface area (Å²) in [5, 5.41) is 2.94. The molecular formula is C20H20N2O3S2. The number of ether oxygens (including phenoxy) is 2. The molecule has 1 amide bonds. The van der Waals surface area contributed by atoms with Crippen LogP contribution in [0, 0.1) is 6.92 Å². The third kappa shape index (κ3) is 3.33. The Morgan fingerprint density at radius 3 is 2.59 bits per heavy atom. The summed E-state index contributed by atoms with van der Waals surface area (Å²) in [6, 6.07) is 8.03. The lowest BCUT2D eigenvalue weighted by Gasteiger charge is -2.29. The van der Waals surface area contributed by atoms with Gasteiger partial charge in [0.05, 0.1) is 24.8 Å². The zero-order valence-corrected chi connectivity index (χ0v) is 17.1. The van der Waals surface area contributed by atoms with Crippen molar-refractivity contribution < 1.29 is 14.3 Å². The standard InChI is InChI=1S/C20H20N2O3S2/c1-12-18(27-19(21-12)17-5-4-8-26-17)20(23)22-7-6-13-9-15(24-2)16(25-3)10-14(13)11-22/h4-5,8-10H,6-7,11H2,1-3H3. The Morgan fingerprint density at radius 1 is 1.19 bits per heavy atom. The number of fused-ring (bicyclic) bond motifs is 1. The maximum absolute atomic E-state index is 13.1. The van der Waals surface area contributed by atoms with Gasteiger partial charge in [-0.05, 0) is 48.1 Å². The molecule has 0 atom stereocenters. The number of carbonyl (C=O) groups is 1. The first-order valence-corrected chi connectivity index (χ1v) is 10.3. The average Bonchev–Trinajstić information content (AvgIpc) is 3.35. The van der Waals surface area contributed by atoms with Crippen molar-refractivity contribution in [2.45, 2.75) is 19.9 Å². The molecule has 140 valence electrons. The molecule has 7 heteroatoms. The van der Waals surface area contributed by atoms with Gasteiger partial charge in [0.2, 0.25) is 0 Å². The van der Waals surface area contributed by atoms with Crippen LogP contribution in [-0.2, 0) is 13.0 Å². The van der Waals surface area contributed by atoms with E-state index in [1.165, 1.54) is 16.9 Å². The molecule has 0 aliphatic carbocycles. The molecule has 0 N–H and O–H groups in total.